The highest BCUT2D eigenvalue weighted by Gasteiger charge is 2.38. The predicted octanol–water partition coefficient (Wildman–Crippen LogP) is 1.58. The van der Waals surface area contributed by atoms with E-state index in [1.165, 1.54) is 7.05 Å². The van der Waals surface area contributed by atoms with Gasteiger partial charge in [-0.25, -0.2) is 12.7 Å². The van der Waals surface area contributed by atoms with Crippen LogP contribution in [0.4, 0.5) is 0 Å². The molecule has 1 amide bonds. The molecule has 1 heterocycles. The van der Waals surface area contributed by atoms with Gasteiger partial charge >= 0.3 is 0 Å². The predicted molar refractivity (Wildman–Crippen MR) is 59.8 cm³/mol. The Morgan fingerprint density at radius 1 is 1.25 bits per heavy atom. The Balaban J connectivity index is 2.71. The van der Waals surface area contributed by atoms with Crippen molar-refractivity contribution in [2.75, 3.05) is 7.05 Å². The van der Waals surface area contributed by atoms with Gasteiger partial charge in [0.2, 0.25) is 0 Å². The maximum absolute atomic E-state index is 11.9. The summed E-state index contributed by atoms with van der Waals surface area (Å²) in [5.41, 5.74) is 1.19. The summed E-state index contributed by atoms with van der Waals surface area (Å²) in [4.78, 5) is 11.8. The normalized spacial score (nSPS) is 18.0. The third kappa shape index (κ3) is 1.35. The minimum atomic E-state index is -3.61. The highest BCUT2D eigenvalue weighted by Crippen LogP contribution is 2.31. The lowest BCUT2D eigenvalue weighted by molar-refractivity contribution is 0.0891. The highest BCUT2D eigenvalue weighted by atomic mass is 32.2. The van der Waals surface area contributed by atoms with Crippen LogP contribution in [0, 0.1) is 0 Å². The number of sulfonamides is 1. The number of nitrogens with zero attached hydrogens (tertiary/aromatic N) is 1. The largest absolute Gasteiger partial charge is 0.268 e. The molecular formula is C11H13NO3S. The van der Waals surface area contributed by atoms with Gasteiger partial charge in [0.05, 0.1) is 5.56 Å². The van der Waals surface area contributed by atoms with Crippen molar-refractivity contribution in [2.45, 2.75) is 24.7 Å². The molecule has 1 aliphatic rings. The average Bonchev–Trinajstić information content (AvgIpc) is 2.40. The van der Waals surface area contributed by atoms with Crippen molar-refractivity contribution in [1.29, 1.82) is 0 Å². The Morgan fingerprint density at radius 2 is 1.88 bits per heavy atom. The molecule has 4 nitrogen and oxygen atoms in total. The molecule has 5 heteroatoms. The average molecular weight is 239 g/mol. The van der Waals surface area contributed by atoms with Crippen molar-refractivity contribution in [3.63, 3.8) is 0 Å². The van der Waals surface area contributed by atoms with Crippen molar-refractivity contribution in [2.24, 2.45) is 0 Å². The van der Waals surface area contributed by atoms with Crippen LogP contribution in [0.25, 0.3) is 0 Å². The van der Waals surface area contributed by atoms with Gasteiger partial charge in [-0.3, -0.25) is 4.79 Å². The standard InChI is InChI=1S/C11H13NO3S/c1-7(2)8-4-5-9-10(6-8)16(14,15)12(3)11(9)13/h4-7H,1-3H3. The molecule has 0 saturated carbocycles. The monoisotopic (exact) mass is 239 g/mol. The number of amides is 1. The van der Waals surface area contributed by atoms with Crippen molar-refractivity contribution in [3.05, 3.63) is 29.3 Å². The Labute approximate surface area is 94.9 Å². The number of hydrogen-bond acceptors (Lipinski definition) is 3. The van der Waals surface area contributed by atoms with Gasteiger partial charge in [-0.15, -0.1) is 0 Å². The zero-order valence-electron chi connectivity index (χ0n) is 9.39. The Hall–Kier alpha value is -1.36. The van der Waals surface area contributed by atoms with E-state index in [0.717, 1.165) is 9.87 Å². The maximum Gasteiger partial charge on any atom is 0.268 e. The van der Waals surface area contributed by atoms with Gasteiger partial charge in [-0.2, -0.15) is 0 Å². The number of rotatable bonds is 1. The van der Waals surface area contributed by atoms with Crippen LogP contribution in [0.3, 0.4) is 0 Å². The summed E-state index contributed by atoms with van der Waals surface area (Å²) in [7, 11) is -2.32. The van der Waals surface area contributed by atoms with E-state index in [-0.39, 0.29) is 16.4 Å². The molecule has 16 heavy (non-hydrogen) atoms. The zero-order chi connectivity index (χ0) is 12.1. The van der Waals surface area contributed by atoms with Gasteiger partial charge in [-0.1, -0.05) is 19.9 Å². The third-order valence-electron chi connectivity index (χ3n) is 2.83. The summed E-state index contributed by atoms with van der Waals surface area (Å²) in [5.74, 6) is -0.216. The molecule has 0 unspecified atom stereocenters. The minimum absolute atomic E-state index is 0.131. The van der Waals surface area contributed by atoms with Gasteiger partial charge in [-0.05, 0) is 23.6 Å². The van der Waals surface area contributed by atoms with Gasteiger partial charge in [0.15, 0.2) is 0 Å². The van der Waals surface area contributed by atoms with Crippen LogP contribution >= 0.6 is 0 Å². The quantitative estimate of drug-likeness (QED) is 0.747. The first kappa shape index (κ1) is 11.1. The number of hydrogen-bond donors (Lipinski definition) is 0. The summed E-state index contributed by atoms with van der Waals surface area (Å²) < 4.78 is 24.5. The van der Waals surface area contributed by atoms with Crippen LogP contribution in [0.2, 0.25) is 0 Å². The molecule has 0 fully saturated rings. The van der Waals surface area contributed by atoms with Crippen molar-refractivity contribution in [1.82, 2.24) is 4.31 Å². The van der Waals surface area contributed by atoms with Gasteiger partial charge in [0.1, 0.15) is 4.90 Å². The van der Waals surface area contributed by atoms with E-state index in [4.69, 9.17) is 0 Å². The molecule has 1 aliphatic heterocycles. The molecule has 1 aromatic carbocycles. The molecule has 0 N–H and O–H groups in total. The molecule has 0 atom stereocenters. The molecule has 2 rings (SSSR count). The molecule has 0 saturated heterocycles. The lowest BCUT2D eigenvalue weighted by Gasteiger charge is -2.07. The maximum atomic E-state index is 11.9. The van der Waals surface area contributed by atoms with Crippen LogP contribution in [0.1, 0.15) is 35.7 Å². The fourth-order valence-corrected chi connectivity index (χ4v) is 3.04. The topological polar surface area (TPSA) is 54.5 Å². The molecule has 1 aromatic rings. The van der Waals surface area contributed by atoms with E-state index in [0.29, 0.717) is 0 Å². The van der Waals surface area contributed by atoms with E-state index < -0.39 is 15.9 Å². The van der Waals surface area contributed by atoms with Gasteiger partial charge in [0, 0.05) is 7.05 Å². The number of benzene rings is 1. The van der Waals surface area contributed by atoms with Crippen molar-refractivity contribution in [3.8, 4) is 0 Å². The van der Waals surface area contributed by atoms with E-state index in [2.05, 4.69) is 0 Å². The second kappa shape index (κ2) is 3.31. The zero-order valence-corrected chi connectivity index (χ0v) is 10.2. The van der Waals surface area contributed by atoms with Crippen molar-refractivity contribution < 1.29 is 13.2 Å². The highest BCUT2D eigenvalue weighted by molar-refractivity contribution is 7.90. The molecule has 86 valence electrons. The smallest absolute Gasteiger partial charge is 0.268 e. The first-order chi connectivity index (χ1) is 7.35. The van der Waals surface area contributed by atoms with Crippen LogP contribution in [-0.4, -0.2) is 25.7 Å². The van der Waals surface area contributed by atoms with Gasteiger partial charge in [0.25, 0.3) is 15.9 Å². The summed E-state index contributed by atoms with van der Waals surface area (Å²) in [5, 5.41) is 0. The summed E-state index contributed by atoms with van der Waals surface area (Å²) in [6.07, 6.45) is 0. The second-order valence-electron chi connectivity index (χ2n) is 4.19. The summed E-state index contributed by atoms with van der Waals surface area (Å²) in [6.45, 7) is 3.96. The molecule has 0 bridgehead atoms. The Morgan fingerprint density at radius 3 is 2.44 bits per heavy atom. The second-order valence-corrected chi connectivity index (χ2v) is 6.13. The summed E-state index contributed by atoms with van der Waals surface area (Å²) in [6, 6.07) is 4.99. The number of carbonyl (C=O) groups is 1. The molecular weight excluding hydrogens is 226 g/mol. The van der Waals surface area contributed by atoms with E-state index in [1.807, 2.05) is 13.8 Å². The van der Waals surface area contributed by atoms with E-state index >= 15 is 0 Å². The van der Waals surface area contributed by atoms with E-state index in [9.17, 15) is 13.2 Å². The van der Waals surface area contributed by atoms with Crippen molar-refractivity contribution >= 4 is 15.9 Å². The van der Waals surface area contributed by atoms with Crippen LogP contribution in [0.5, 0.6) is 0 Å². The fourth-order valence-electron chi connectivity index (χ4n) is 1.71. The molecule has 0 aliphatic carbocycles. The molecule has 0 radical (unpaired) electrons. The third-order valence-corrected chi connectivity index (χ3v) is 4.61. The lowest BCUT2D eigenvalue weighted by Crippen LogP contribution is -2.24. The molecule has 0 aromatic heterocycles. The minimum Gasteiger partial charge on any atom is -0.268 e. The lowest BCUT2D eigenvalue weighted by atomic mass is 10.0. The van der Waals surface area contributed by atoms with Crippen LogP contribution < -0.4 is 0 Å². The Kier molecular flexibility index (Phi) is 2.31. The number of fused-ring (bicyclic) bond motifs is 1. The SMILES string of the molecule is CC(C)c1ccc2c(c1)S(=O)(=O)N(C)C2=O. The number of carbonyl (C=O) groups excluding carboxylic acids is 1. The Bertz CT molecular complexity index is 561. The fraction of sp³-hybridized carbons (Fsp3) is 0.364. The first-order valence-electron chi connectivity index (χ1n) is 5.03. The van der Waals surface area contributed by atoms with Gasteiger partial charge < -0.3 is 0 Å². The van der Waals surface area contributed by atoms with E-state index in [1.54, 1.807) is 18.2 Å². The molecule has 0 spiro atoms. The van der Waals surface area contributed by atoms with Crippen LogP contribution in [-0.2, 0) is 10.0 Å². The first-order valence-corrected chi connectivity index (χ1v) is 6.47. The summed E-state index contributed by atoms with van der Waals surface area (Å²) >= 11 is 0. The van der Waals surface area contributed by atoms with Crippen LogP contribution in [0.15, 0.2) is 23.1 Å².